The summed E-state index contributed by atoms with van der Waals surface area (Å²) in [6, 6.07) is -3.89. The minimum Gasteiger partial charge on any atom is -0.480 e. The van der Waals surface area contributed by atoms with Gasteiger partial charge >= 0.3 is 5.97 Å². The Morgan fingerprint density at radius 1 is 1.12 bits per heavy atom. The van der Waals surface area contributed by atoms with E-state index in [9.17, 15) is 19.2 Å². The topological polar surface area (TPSA) is 191 Å². The van der Waals surface area contributed by atoms with Gasteiger partial charge in [0.25, 0.3) is 0 Å². The summed E-state index contributed by atoms with van der Waals surface area (Å²) in [6.07, 6.45) is -1.10. The van der Waals surface area contributed by atoms with Crippen molar-refractivity contribution in [3.05, 3.63) is 0 Å². The van der Waals surface area contributed by atoms with Gasteiger partial charge in [0.1, 0.15) is 18.1 Å². The number of carboxylic acids is 1. The molecule has 0 radical (unpaired) electrons. The van der Waals surface area contributed by atoms with Crippen molar-refractivity contribution in [1.82, 2.24) is 16.0 Å². The summed E-state index contributed by atoms with van der Waals surface area (Å²) in [5.74, 6) is -3.93. The van der Waals surface area contributed by atoms with Gasteiger partial charge in [-0.3, -0.25) is 14.4 Å². The molecule has 0 aromatic heterocycles. The molecule has 0 rings (SSSR count). The number of aliphatic hydroxyl groups excluding tert-OH is 2. The normalized spacial score (nSPS) is 15.5. The summed E-state index contributed by atoms with van der Waals surface area (Å²) in [7, 11) is 0. The zero-order valence-electron chi connectivity index (χ0n) is 12.9. The molecule has 11 nitrogen and oxygen atoms in total. The van der Waals surface area contributed by atoms with Gasteiger partial charge in [0, 0.05) is 5.75 Å². The molecule has 138 valence electrons. The molecule has 24 heavy (non-hydrogen) atoms. The summed E-state index contributed by atoms with van der Waals surface area (Å²) in [5.41, 5.74) is 5.37. The quantitative estimate of drug-likeness (QED) is 0.178. The number of carbonyl (C=O) groups is 4. The number of thiol groups is 1. The Hall–Kier alpha value is -1.89. The number of hydrogen-bond acceptors (Lipinski definition) is 8. The molecule has 12 heteroatoms. The summed E-state index contributed by atoms with van der Waals surface area (Å²) in [4.78, 5) is 45.7. The highest BCUT2D eigenvalue weighted by Crippen LogP contribution is 1.93. The Morgan fingerprint density at radius 2 is 1.71 bits per heavy atom. The first-order chi connectivity index (χ1) is 11.1. The maximum atomic E-state index is 11.8. The largest absolute Gasteiger partial charge is 0.480 e. The van der Waals surface area contributed by atoms with E-state index in [1.807, 2.05) is 5.32 Å². The van der Waals surface area contributed by atoms with Gasteiger partial charge in [-0.05, 0) is 6.92 Å². The lowest BCUT2D eigenvalue weighted by Crippen LogP contribution is -2.55. The van der Waals surface area contributed by atoms with Gasteiger partial charge in [-0.1, -0.05) is 0 Å². The van der Waals surface area contributed by atoms with Gasteiger partial charge in [0.05, 0.1) is 19.3 Å². The monoisotopic (exact) mass is 366 g/mol. The lowest BCUT2D eigenvalue weighted by atomic mass is 10.2. The Kier molecular flexibility index (Phi) is 9.95. The van der Waals surface area contributed by atoms with Gasteiger partial charge in [0.15, 0.2) is 0 Å². The van der Waals surface area contributed by atoms with Crippen molar-refractivity contribution >= 4 is 36.3 Å². The smallest absolute Gasteiger partial charge is 0.328 e. The molecule has 0 aromatic carbocycles. The first-order valence-electron chi connectivity index (χ1n) is 6.89. The molecule has 0 saturated carbocycles. The van der Waals surface area contributed by atoms with Crippen LogP contribution in [-0.4, -0.2) is 82.1 Å². The van der Waals surface area contributed by atoms with Gasteiger partial charge in [0.2, 0.25) is 17.7 Å². The van der Waals surface area contributed by atoms with Gasteiger partial charge in [-0.25, -0.2) is 4.79 Å². The first-order valence-corrected chi connectivity index (χ1v) is 7.52. The number of carboxylic acid groups (broad SMARTS) is 1. The molecule has 0 heterocycles. The van der Waals surface area contributed by atoms with Crippen LogP contribution in [0.1, 0.15) is 6.92 Å². The predicted octanol–water partition coefficient (Wildman–Crippen LogP) is -4.21. The molecular formula is C12H22N4O7S. The highest BCUT2D eigenvalue weighted by molar-refractivity contribution is 7.80. The maximum absolute atomic E-state index is 11.8. The zero-order valence-corrected chi connectivity index (χ0v) is 13.8. The Bertz CT molecular complexity index is 474. The standard InChI is InChI=1S/C12H22N4O7S/c1-5(18)9(13)11(21)14-2-8(19)15-7(4-24)10(20)16-6(3-17)12(22)23/h5-7,9,17-18,24H,2-4,13H2,1H3,(H,14,21)(H,15,19)(H,16,20)(H,22,23). The number of aliphatic carboxylic acids is 1. The van der Waals surface area contributed by atoms with Gasteiger partial charge in [-0.2, -0.15) is 12.6 Å². The van der Waals surface area contributed by atoms with Crippen molar-refractivity contribution in [2.24, 2.45) is 5.73 Å². The third-order valence-electron chi connectivity index (χ3n) is 2.88. The second kappa shape index (κ2) is 10.8. The zero-order chi connectivity index (χ0) is 18.9. The van der Waals surface area contributed by atoms with E-state index >= 15 is 0 Å². The van der Waals surface area contributed by atoms with E-state index in [1.165, 1.54) is 6.92 Å². The van der Waals surface area contributed by atoms with Crippen molar-refractivity contribution in [2.45, 2.75) is 31.2 Å². The van der Waals surface area contributed by atoms with E-state index in [4.69, 9.17) is 21.1 Å². The van der Waals surface area contributed by atoms with Crippen LogP contribution in [0.2, 0.25) is 0 Å². The molecule has 0 fully saturated rings. The second-order valence-corrected chi connectivity index (χ2v) is 5.23. The van der Waals surface area contributed by atoms with Gasteiger partial charge < -0.3 is 37.0 Å². The first kappa shape index (κ1) is 22.1. The second-order valence-electron chi connectivity index (χ2n) is 4.87. The van der Waals surface area contributed by atoms with Crippen LogP contribution in [-0.2, 0) is 19.2 Å². The maximum Gasteiger partial charge on any atom is 0.328 e. The molecule has 0 spiro atoms. The van der Waals surface area contributed by atoms with Crippen LogP contribution in [0.15, 0.2) is 0 Å². The van der Waals surface area contributed by atoms with Crippen LogP contribution < -0.4 is 21.7 Å². The SMILES string of the molecule is CC(O)C(N)C(=O)NCC(=O)NC(CS)C(=O)NC(CO)C(=O)O. The van der Waals surface area contributed by atoms with Crippen molar-refractivity contribution in [2.75, 3.05) is 18.9 Å². The molecule has 0 aromatic rings. The molecular weight excluding hydrogens is 344 g/mol. The minimum absolute atomic E-state index is 0.142. The van der Waals surface area contributed by atoms with Crippen LogP contribution in [0.3, 0.4) is 0 Å². The van der Waals surface area contributed by atoms with E-state index in [-0.39, 0.29) is 5.75 Å². The fraction of sp³-hybridized carbons (Fsp3) is 0.667. The van der Waals surface area contributed by atoms with E-state index in [0.717, 1.165) is 0 Å². The van der Waals surface area contributed by atoms with E-state index in [2.05, 4.69) is 23.3 Å². The molecule has 0 saturated heterocycles. The molecule has 3 amide bonds. The Morgan fingerprint density at radius 3 is 2.12 bits per heavy atom. The number of rotatable bonds is 10. The summed E-state index contributed by atoms with van der Waals surface area (Å²) >= 11 is 3.88. The number of hydrogen-bond donors (Lipinski definition) is 8. The van der Waals surface area contributed by atoms with Crippen LogP contribution in [0.5, 0.6) is 0 Å². The van der Waals surface area contributed by atoms with E-state index in [1.54, 1.807) is 0 Å². The molecule has 0 bridgehead atoms. The third kappa shape index (κ3) is 7.59. The average Bonchev–Trinajstić information content (AvgIpc) is 2.53. The van der Waals surface area contributed by atoms with Crippen molar-refractivity contribution < 1.29 is 34.5 Å². The van der Waals surface area contributed by atoms with Crippen molar-refractivity contribution in [3.8, 4) is 0 Å². The van der Waals surface area contributed by atoms with Crippen LogP contribution in [0.4, 0.5) is 0 Å². The summed E-state index contributed by atoms with van der Waals surface area (Å²) < 4.78 is 0. The fourth-order valence-electron chi connectivity index (χ4n) is 1.40. The molecule has 4 atom stereocenters. The van der Waals surface area contributed by atoms with Gasteiger partial charge in [-0.15, -0.1) is 0 Å². The molecule has 4 unspecified atom stereocenters. The van der Waals surface area contributed by atoms with Crippen LogP contribution in [0.25, 0.3) is 0 Å². The minimum atomic E-state index is -1.51. The summed E-state index contributed by atoms with van der Waals surface area (Å²) in [6.45, 7) is -0.00755. The molecule has 0 aliphatic carbocycles. The van der Waals surface area contributed by atoms with E-state index in [0.29, 0.717) is 0 Å². The van der Waals surface area contributed by atoms with Crippen molar-refractivity contribution in [3.63, 3.8) is 0 Å². The predicted molar refractivity (Wildman–Crippen MR) is 85.1 cm³/mol. The van der Waals surface area contributed by atoms with Crippen molar-refractivity contribution in [1.29, 1.82) is 0 Å². The Balaban J connectivity index is 4.50. The van der Waals surface area contributed by atoms with Crippen LogP contribution >= 0.6 is 12.6 Å². The lowest BCUT2D eigenvalue weighted by Gasteiger charge is -2.19. The highest BCUT2D eigenvalue weighted by Gasteiger charge is 2.25. The van der Waals surface area contributed by atoms with E-state index < -0.39 is 61.1 Å². The Labute approximate surface area is 143 Å². The van der Waals surface area contributed by atoms with Crippen LogP contribution in [0, 0.1) is 0 Å². The fourth-order valence-corrected chi connectivity index (χ4v) is 1.66. The lowest BCUT2D eigenvalue weighted by molar-refractivity contribution is -0.143. The average molecular weight is 366 g/mol. The number of carbonyl (C=O) groups excluding carboxylic acids is 3. The molecule has 0 aliphatic heterocycles. The number of nitrogens with two attached hydrogens (primary N) is 1. The molecule has 8 N–H and O–H groups in total. The highest BCUT2D eigenvalue weighted by atomic mass is 32.1. The number of amides is 3. The third-order valence-corrected chi connectivity index (χ3v) is 3.24. The number of nitrogens with one attached hydrogen (secondary N) is 3. The summed E-state index contributed by atoms with van der Waals surface area (Å²) in [5, 5.41) is 33.2. The molecule has 0 aliphatic rings. The number of aliphatic hydroxyl groups is 2.